The zero-order chi connectivity index (χ0) is 21.6. The highest BCUT2D eigenvalue weighted by Gasteiger charge is 2.23. The van der Waals surface area contributed by atoms with Crippen molar-refractivity contribution in [2.24, 2.45) is 5.92 Å². The minimum absolute atomic E-state index is 0.148. The Balaban J connectivity index is 1.34. The maximum atomic E-state index is 13.9. The first-order chi connectivity index (χ1) is 14.3. The minimum atomic E-state index is -0.339. The first-order valence-electron chi connectivity index (χ1n) is 10.8. The number of rotatable bonds is 12. The van der Waals surface area contributed by atoms with Crippen molar-refractivity contribution in [2.45, 2.75) is 57.9 Å². The van der Waals surface area contributed by atoms with Crippen LogP contribution in [-0.2, 0) is 9.59 Å². The second-order valence-corrected chi connectivity index (χ2v) is 9.03. The van der Waals surface area contributed by atoms with Gasteiger partial charge >= 0.3 is 0 Å². The van der Waals surface area contributed by atoms with Gasteiger partial charge in [0.2, 0.25) is 11.8 Å². The van der Waals surface area contributed by atoms with E-state index in [0.717, 1.165) is 37.9 Å². The number of unbranched alkanes of at least 4 members (excludes halogenated alkanes) is 2. The molecule has 0 spiro atoms. The highest BCUT2D eigenvalue weighted by atomic mass is 19.1. The average Bonchev–Trinajstić information content (AvgIpc) is 3.50. The second-order valence-electron chi connectivity index (χ2n) is 9.03. The lowest BCUT2D eigenvalue weighted by Crippen LogP contribution is -2.51. The fourth-order valence-corrected chi connectivity index (χ4v) is 3.42. The number of nitrogens with zero attached hydrogens (tertiary/aromatic N) is 1. The number of piperazine rings is 1. The lowest BCUT2D eigenvalue weighted by molar-refractivity contribution is -0.136. The third-order valence-corrected chi connectivity index (χ3v) is 5.44. The molecule has 2 aliphatic rings. The number of benzene rings is 1. The number of ether oxygens (including phenoxy) is 1. The SMILES string of the molecule is CC(C)(CCCCCN1CC(=O)NC(=O)C1)NNc1ccc(F)c(OCC2CC2)c1. The first-order valence-corrected chi connectivity index (χ1v) is 10.8. The third kappa shape index (κ3) is 7.57. The Morgan fingerprint density at radius 1 is 1.17 bits per heavy atom. The van der Waals surface area contributed by atoms with Crippen molar-refractivity contribution in [1.82, 2.24) is 15.6 Å². The van der Waals surface area contributed by atoms with E-state index in [1.54, 1.807) is 12.1 Å². The average molecular weight is 421 g/mol. The van der Waals surface area contributed by atoms with E-state index in [2.05, 4.69) is 30.0 Å². The molecular weight excluding hydrogens is 387 g/mol. The molecule has 2 amide bonds. The van der Waals surface area contributed by atoms with E-state index in [0.29, 0.717) is 25.6 Å². The highest BCUT2D eigenvalue weighted by Crippen LogP contribution is 2.31. The summed E-state index contributed by atoms with van der Waals surface area (Å²) in [5.74, 6) is 0.0875. The van der Waals surface area contributed by atoms with Crippen LogP contribution in [0.15, 0.2) is 18.2 Å². The van der Waals surface area contributed by atoms with E-state index < -0.39 is 0 Å². The van der Waals surface area contributed by atoms with Gasteiger partial charge in [-0.2, -0.15) is 0 Å². The van der Waals surface area contributed by atoms with Gasteiger partial charge in [-0.3, -0.25) is 19.8 Å². The van der Waals surface area contributed by atoms with Crippen LogP contribution in [0.5, 0.6) is 5.75 Å². The smallest absolute Gasteiger partial charge is 0.240 e. The van der Waals surface area contributed by atoms with Crippen molar-refractivity contribution in [3.8, 4) is 5.75 Å². The molecule has 0 bridgehead atoms. The summed E-state index contributed by atoms with van der Waals surface area (Å²) in [5, 5.41) is 2.32. The molecule has 1 aromatic carbocycles. The van der Waals surface area contributed by atoms with Gasteiger partial charge in [0.15, 0.2) is 11.6 Å². The van der Waals surface area contributed by atoms with Crippen LogP contribution in [0.2, 0.25) is 0 Å². The molecule has 30 heavy (non-hydrogen) atoms. The summed E-state index contributed by atoms with van der Waals surface area (Å²) in [4.78, 5) is 24.7. The molecule has 1 saturated carbocycles. The van der Waals surface area contributed by atoms with Crippen molar-refractivity contribution < 1.29 is 18.7 Å². The predicted octanol–water partition coefficient (Wildman–Crippen LogP) is 2.83. The molecule has 0 radical (unpaired) electrons. The molecule has 0 aromatic heterocycles. The normalized spacial score (nSPS) is 17.7. The molecule has 1 heterocycles. The van der Waals surface area contributed by atoms with E-state index in [-0.39, 0.29) is 28.9 Å². The van der Waals surface area contributed by atoms with Crippen LogP contribution in [0.25, 0.3) is 0 Å². The Labute approximate surface area is 177 Å². The summed E-state index contributed by atoms with van der Waals surface area (Å²) in [6, 6.07) is 4.81. The van der Waals surface area contributed by atoms with E-state index in [1.807, 2.05) is 4.90 Å². The Morgan fingerprint density at radius 2 is 1.90 bits per heavy atom. The van der Waals surface area contributed by atoms with Crippen LogP contribution in [0.1, 0.15) is 52.4 Å². The van der Waals surface area contributed by atoms with Crippen molar-refractivity contribution in [2.75, 3.05) is 31.7 Å². The van der Waals surface area contributed by atoms with Gasteiger partial charge in [0.05, 0.1) is 25.4 Å². The van der Waals surface area contributed by atoms with Gasteiger partial charge in [0, 0.05) is 11.6 Å². The van der Waals surface area contributed by atoms with Crippen molar-refractivity contribution in [1.29, 1.82) is 0 Å². The molecule has 7 nitrogen and oxygen atoms in total. The number of carbonyl (C=O) groups is 2. The number of carbonyl (C=O) groups excluding carboxylic acids is 2. The Bertz CT molecular complexity index is 736. The molecule has 8 heteroatoms. The van der Waals surface area contributed by atoms with Gasteiger partial charge in [-0.25, -0.2) is 9.82 Å². The summed E-state index contributed by atoms with van der Waals surface area (Å²) in [5.41, 5.74) is 7.10. The molecule has 166 valence electrons. The lowest BCUT2D eigenvalue weighted by Gasteiger charge is -2.28. The van der Waals surface area contributed by atoms with Gasteiger partial charge in [-0.15, -0.1) is 0 Å². The van der Waals surface area contributed by atoms with Gasteiger partial charge in [0.1, 0.15) is 0 Å². The van der Waals surface area contributed by atoms with Crippen molar-refractivity contribution in [3.63, 3.8) is 0 Å². The van der Waals surface area contributed by atoms with Crippen LogP contribution >= 0.6 is 0 Å². The maximum absolute atomic E-state index is 13.9. The Hall–Kier alpha value is -2.19. The predicted molar refractivity (Wildman–Crippen MR) is 114 cm³/mol. The van der Waals surface area contributed by atoms with Gasteiger partial charge in [-0.1, -0.05) is 12.8 Å². The number of hydrogen-bond acceptors (Lipinski definition) is 6. The van der Waals surface area contributed by atoms with Gasteiger partial charge < -0.3 is 10.2 Å². The zero-order valence-corrected chi connectivity index (χ0v) is 17.9. The number of anilines is 1. The Morgan fingerprint density at radius 3 is 2.60 bits per heavy atom. The van der Waals surface area contributed by atoms with E-state index in [4.69, 9.17) is 4.74 Å². The van der Waals surface area contributed by atoms with Gasteiger partial charge in [-0.05, 0) is 64.1 Å². The van der Waals surface area contributed by atoms with E-state index in [1.165, 1.54) is 18.9 Å². The maximum Gasteiger partial charge on any atom is 0.240 e. The summed E-state index contributed by atoms with van der Waals surface area (Å²) < 4.78 is 19.5. The number of imide groups is 1. The number of hydrazine groups is 1. The molecule has 1 saturated heterocycles. The molecule has 0 unspecified atom stereocenters. The molecule has 3 rings (SSSR count). The molecule has 1 aliphatic carbocycles. The highest BCUT2D eigenvalue weighted by molar-refractivity contribution is 5.99. The first kappa shape index (κ1) is 22.5. The molecule has 0 atom stereocenters. The monoisotopic (exact) mass is 420 g/mol. The van der Waals surface area contributed by atoms with Gasteiger partial charge in [0.25, 0.3) is 0 Å². The molecule has 2 fully saturated rings. The zero-order valence-electron chi connectivity index (χ0n) is 17.9. The van der Waals surface area contributed by atoms with Crippen LogP contribution in [0.4, 0.5) is 10.1 Å². The standard InChI is InChI=1S/C22H33FN4O3/c1-22(2,10-4-3-5-11-27-13-20(28)24-21(29)14-27)26-25-17-8-9-18(23)19(12-17)30-15-16-6-7-16/h8-9,12,16,25-26H,3-7,10-11,13-15H2,1-2H3,(H,24,28,29). The third-order valence-electron chi connectivity index (χ3n) is 5.44. The van der Waals surface area contributed by atoms with E-state index in [9.17, 15) is 14.0 Å². The fraction of sp³-hybridized carbons (Fsp3) is 0.636. The minimum Gasteiger partial charge on any atom is -0.490 e. The second kappa shape index (κ2) is 10.2. The molecule has 1 aliphatic heterocycles. The number of halogens is 1. The van der Waals surface area contributed by atoms with Crippen molar-refractivity contribution >= 4 is 17.5 Å². The molecule has 3 N–H and O–H groups in total. The summed E-state index contributed by atoms with van der Waals surface area (Å²) in [7, 11) is 0. The van der Waals surface area contributed by atoms with Crippen LogP contribution in [0, 0.1) is 11.7 Å². The van der Waals surface area contributed by atoms with Crippen LogP contribution < -0.4 is 20.9 Å². The summed E-state index contributed by atoms with van der Waals surface area (Å²) in [6.45, 7) is 6.16. The quantitative estimate of drug-likeness (QED) is 0.274. The molecular formula is C22H33FN4O3. The topological polar surface area (TPSA) is 82.7 Å². The summed E-state index contributed by atoms with van der Waals surface area (Å²) in [6.07, 6.45) is 6.28. The van der Waals surface area contributed by atoms with E-state index >= 15 is 0 Å². The number of amides is 2. The summed E-state index contributed by atoms with van der Waals surface area (Å²) >= 11 is 0. The molecule has 1 aromatic rings. The van der Waals surface area contributed by atoms with Crippen LogP contribution in [-0.4, -0.2) is 48.5 Å². The fourth-order valence-electron chi connectivity index (χ4n) is 3.42. The number of hydrogen-bond donors (Lipinski definition) is 3. The Kier molecular flexibility index (Phi) is 7.66. The van der Waals surface area contributed by atoms with Crippen molar-refractivity contribution in [3.05, 3.63) is 24.0 Å². The largest absolute Gasteiger partial charge is 0.490 e. The lowest BCUT2D eigenvalue weighted by atomic mass is 9.97. The van der Waals surface area contributed by atoms with Crippen LogP contribution in [0.3, 0.4) is 0 Å². The number of nitrogens with one attached hydrogen (secondary N) is 3.